The molecule has 1 aromatic heterocycles. The number of carbonyl (C=O) groups excluding carboxylic acids is 1. The zero-order valence-electron chi connectivity index (χ0n) is 15.1. The number of imidazole rings is 1. The van der Waals surface area contributed by atoms with Crippen LogP contribution in [0.1, 0.15) is 21.5 Å². The van der Waals surface area contributed by atoms with Gasteiger partial charge in [0.25, 0.3) is 5.91 Å². The van der Waals surface area contributed by atoms with Crippen LogP contribution in [0.3, 0.4) is 0 Å². The van der Waals surface area contributed by atoms with Crippen molar-refractivity contribution < 1.29 is 23.0 Å². The van der Waals surface area contributed by atoms with Gasteiger partial charge in [0.1, 0.15) is 0 Å². The number of hydrogen-bond donors (Lipinski definition) is 1. The number of hydrogen-bond acceptors (Lipinski definition) is 4. The summed E-state index contributed by atoms with van der Waals surface area (Å²) in [5.74, 6) is -0.748. The topological polar surface area (TPSA) is 65.4 Å². The lowest BCUT2D eigenvalue weighted by Crippen LogP contribution is -2.24. The Morgan fingerprint density at radius 1 is 1.18 bits per heavy atom. The molecule has 0 aliphatic carbocycles. The van der Waals surface area contributed by atoms with Crippen LogP contribution in [-0.4, -0.2) is 29.2 Å². The Labute approximate surface area is 160 Å². The second kappa shape index (κ2) is 8.98. The third-order valence-corrected chi connectivity index (χ3v) is 4.05. The van der Waals surface area contributed by atoms with Crippen molar-refractivity contribution in [3.05, 3.63) is 77.9 Å². The third-order valence-electron chi connectivity index (χ3n) is 4.05. The molecule has 146 valence electrons. The summed E-state index contributed by atoms with van der Waals surface area (Å²) < 4.78 is 36.8. The molecule has 6 nitrogen and oxygen atoms in total. The van der Waals surface area contributed by atoms with Gasteiger partial charge >= 0.3 is 6.61 Å². The lowest BCUT2D eigenvalue weighted by atomic mass is 10.1. The van der Waals surface area contributed by atoms with E-state index in [-0.39, 0.29) is 23.6 Å². The first-order valence-corrected chi connectivity index (χ1v) is 8.50. The molecule has 1 heterocycles. The Morgan fingerprint density at radius 2 is 1.93 bits per heavy atom. The van der Waals surface area contributed by atoms with Crippen molar-refractivity contribution in [2.45, 2.75) is 19.7 Å². The number of nitrogens with zero attached hydrogens (tertiary/aromatic N) is 2. The highest BCUT2D eigenvalue weighted by Crippen LogP contribution is 2.32. The quantitative estimate of drug-likeness (QED) is 0.643. The molecule has 0 bridgehead atoms. The van der Waals surface area contributed by atoms with Crippen molar-refractivity contribution >= 4 is 5.91 Å². The minimum absolute atomic E-state index is 0.0172. The maximum Gasteiger partial charge on any atom is 0.387 e. The fourth-order valence-corrected chi connectivity index (χ4v) is 2.70. The summed E-state index contributed by atoms with van der Waals surface area (Å²) in [4.78, 5) is 16.5. The molecule has 3 rings (SSSR count). The van der Waals surface area contributed by atoms with E-state index in [1.165, 1.54) is 25.3 Å². The van der Waals surface area contributed by atoms with Gasteiger partial charge in [0.05, 0.1) is 19.0 Å². The van der Waals surface area contributed by atoms with E-state index in [2.05, 4.69) is 15.0 Å². The number of alkyl halides is 2. The summed E-state index contributed by atoms with van der Waals surface area (Å²) in [7, 11) is 1.32. The molecule has 0 aliphatic heterocycles. The van der Waals surface area contributed by atoms with E-state index in [0.29, 0.717) is 6.54 Å². The van der Waals surface area contributed by atoms with Gasteiger partial charge in [0, 0.05) is 25.5 Å². The minimum Gasteiger partial charge on any atom is -0.493 e. The Kier molecular flexibility index (Phi) is 6.21. The van der Waals surface area contributed by atoms with Crippen molar-refractivity contribution in [3.8, 4) is 11.5 Å². The Balaban J connectivity index is 1.65. The van der Waals surface area contributed by atoms with E-state index in [1.54, 1.807) is 12.5 Å². The number of rotatable bonds is 8. The van der Waals surface area contributed by atoms with E-state index >= 15 is 0 Å². The highest BCUT2D eigenvalue weighted by molar-refractivity contribution is 5.97. The molecule has 28 heavy (non-hydrogen) atoms. The van der Waals surface area contributed by atoms with E-state index in [0.717, 1.165) is 11.1 Å². The molecular weight excluding hydrogens is 368 g/mol. The zero-order valence-corrected chi connectivity index (χ0v) is 15.1. The largest absolute Gasteiger partial charge is 0.493 e. The van der Waals surface area contributed by atoms with Crippen molar-refractivity contribution in [2.75, 3.05) is 7.11 Å². The second-order valence-electron chi connectivity index (χ2n) is 5.95. The fraction of sp³-hybridized carbons (Fsp3) is 0.200. The summed E-state index contributed by atoms with van der Waals surface area (Å²) in [6.07, 6.45) is 5.33. The van der Waals surface area contributed by atoms with Crippen LogP contribution in [0.15, 0.2) is 61.2 Å². The maximum atomic E-state index is 12.7. The second-order valence-corrected chi connectivity index (χ2v) is 5.95. The normalized spacial score (nSPS) is 10.7. The average molecular weight is 387 g/mol. The first-order chi connectivity index (χ1) is 13.6. The Hall–Kier alpha value is -3.42. The molecule has 0 saturated heterocycles. The Morgan fingerprint density at radius 3 is 2.57 bits per heavy atom. The first kappa shape index (κ1) is 19.3. The lowest BCUT2D eigenvalue weighted by Gasteiger charge is -2.14. The van der Waals surface area contributed by atoms with E-state index < -0.39 is 12.5 Å². The molecule has 0 saturated carbocycles. The van der Waals surface area contributed by atoms with Crippen molar-refractivity contribution in [3.63, 3.8) is 0 Å². The highest BCUT2D eigenvalue weighted by Gasteiger charge is 2.20. The van der Waals surface area contributed by atoms with Crippen LogP contribution in [0, 0.1) is 0 Å². The number of halogens is 2. The summed E-state index contributed by atoms with van der Waals surface area (Å²) in [6.45, 7) is -2.12. The van der Waals surface area contributed by atoms with Gasteiger partial charge in [-0.3, -0.25) is 4.79 Å². The van der Waals surface area contributed by atoms with E-state index in [4.69, 9.17) is 4.74 Å². The molecule has 0 radical (unpaired) electrons. The molecule has 0 atom stereocenters. The number of aromatic nitrogens is 2. The predicted octanol–water partition coefficient (Wildman–Crippen LogP) is 3.47. The number of benzene rings is 2. The maximum absolute atomic E-state index is 12.7. The van der Waals surface area contributed by atoms with Gasteiger partial charge in [0.15, 0.2) is 11.5 Å². The average Bonchev–Trinajstić information content (AvgIpc) is 3.20. The van der Waals surface area contributed by atoms with E-state index in [1.807, 2.05) is 35.0 Å². The molecule has 8 heteroatoms. The molecule has 0 spiro atoms. The predicted molar refractivity (Wildman–Crippen MR) is 98.6 cm³/mol. The first-order valence-electron chi connectivity index (χ1n) is 8.50. The van der Waals surface area contributed by atoms with Gasteiger partial charge in [0.2, 0.25) is 0 Å². The SMILES string of the molecule is COc1cccc(C(=O)NCc2ccc(Cn3ccnc3)cc2)c1OC(F)F. The molecule has 3 aromatic rings. The number of ether oxygens (including phenoxy) is 2. The van der Waals surface area contributed by atoms with Gasteiger partial charge in [-0.05, 0) is 23.3 Å². The number of carbonyl (C=O) groups is 1. The zero-order chi connectivity index (χ0) is 19.9. The van der Waals surface area contributed by atoms with Crippen LogP contribution in [0.5, 0.6) is 11.5 Å². The van der Waals surface area contributed by atoms with Crippen molar-refractivity contribution in [1.29, 1.82) is 0 Å². The number of amides is 1. The van der Waals surface area contributed by atoms with Gasteiger partial charge in [-0.15, -0.1) is 0 Å². The van der Waals surface area contributed by atoms with Gasteiger partial charge in [-0.2, -0.15) is 8.78 Å². The number of para-hydroxylation sites is 1. The highest BCUT2D eigenvalue weighted by atomic mass is 19.3. The van der Waals surface area contributed by atoms with Gasteiger partial charge in [-0.25, -0.2) is 4.98 Å². The summed E-state index contributed by atoms with van der Waals surface area (Å²) in [5.41, 5.74) is 1.95. The smallest absolute Gasteiger partial charge is 0.387 e. The van der Waals surface area contributed by atoms with Crippen LogP contribution in [-0.2, 0) is 13.1 Å². The van der Waals surface area contributed by atoms with Crippen LogP contribution in [0.25, 0.3) is 0 Å². The minimum atomic E-state index is -3.06. The molecular formula is C20H19F2N3O3. The number of methoxy groups -OCH3 is 1. The van der Waals surface area contributed by atoms with Crippen LogP contribution >= 0.6 is 0 Å². The monoisotopic (exact) mass is 387 g/mol. The van der Waals surface area contributed by atoms with Crippen molar-refractivity contribution in [2.24, 2.45) is 0 Å². The van der Waals surface area contributed by atoms with Crippen LogP contribution < -0.4 is 14.8 Å². The molecule has 1 N–H and O–H groups in total. The summed E-state index contributed by atoms with van der Waals surface area (Å²) >= 11 is 0. The van der Waals surface area contributed by atoms with Gasteiger partial charge < -0.3 is 19.4 Å². The molecule has 1 amide bonds. The summed E-state index contributed by atoms with van der Waals surface area (Å²) in [6, 6.07) is 12.1. The standard InChI is InChI=1S/C20H19F2N3O3/c1-27-17-4-2-3-16(18(17)28-20(21)22)19(26)24-11-14-5-7-15(8-6-14)12-25-10-9-23-13-25/h2-10,13,20H,11-12H2,1H3,(H,24,26). The van der Waals surface area contributed by atoms with Crippen molar-refractivity contribution in [1.82, 2.24) is 14.9 Å². The summed E-state index contributed by atoms with van der Waals surface area (Å²) in [5, 5.41) is 2.71. The third kappa shape index (κ3) is 4.85. The molecule has 0 aliphatic rings. The van der Waals surface area contributed by atoms with E-state index in [9.17, 15) is 13.6 Å². The molecule has 0 fully saturated rings. The lowest BCUT2D eigenvalue weighted by molar-refractivity contribution is -0.0515. The molecule has 0 unspecified atom stereocenters. The van der Waals surface area contributed by atoms with Gasteiger partial charge in [-0.1, -0.05) is 30.3 Å². The number of nitrogens with one attached hydrogen (secondary N) is 1. The van der Waals surface area contributed by atoms with Crippen LogP contribution in [0.2, 0.25) is 0 Å². The Bertz CT molecular complexity index is 913. The fourth-order valence-electron chi connectivity index (χ4n) is 2.70. The van der Waals surface area contributed by atoms with Crippen LogP contribution in [0.4, 0.5) is 8.78 Å². The molecule has 2 aromatic carbocycles.